The molecule has 0 heterocycles. The van der Waals surface area contributed by atoms with Crippen LogP contribution in [-0.2, 0) is 10.2 Å². The zero-order valence-electron chi connectivity index (χ0n) is 15.8. The highest BCUT2D eigenvalue weighted by Gasteiger charge is 2.44. The van der Waals surface area contributed by atoms with Crippen molar-refractivity contribution in [2.45, 2.75) is 38.0 Å². The van der Waals surface area contributed by atoms with Crippen LogP contribution in [0.5, 0.6) is 0 Å². The van der Waals surface area contributed by atoms with Gasteiger partial charge in [-0.25, -0.2) is 9.38 Å². The number of unbranched alkanes of at least 4 members (excludes halogenated alkanes) is 1. The summed E-state index contributed by atoms with van der Waals surface area (Å²) in [6.45, 7) is 3.74. The summed E-state index contributed by atoms with van der Waals surface area (Å²) >= 11 is 0. The maximum absolute atomic E-state index is 13.5. The molecule has 2 N–H and O–H groups in total. The molecule has 146 valence electrons. The monoisotopic (exact) mass is 476 g/mol. The Hall–Kier alpha value is -1.38. The molecule has 0 spiro atoms. The molecule has 7 heteroatoms. The van der Waals surface area contributed by atoms with E-state index in [4.69, 9.17) is 0 Å². The van der Waals surface area contributed by atoms with Gasteiger partial charge in [0.2, 0.25) is 5.91 Å². The zero-order valence-corrected chi connectivity index (χ0v) is 18.2. The molecule has 0 atom stereocenters. The summed E-state index contributed by atoms with van der Waals surface area (Å²) in [7, 11) is 3.44. The second-order valence-electron chi connectivity index (χ2n) is 6.88. The van der Waals surface area contributed by atoms with Gasteiger partial charge in [-0.15, -0.1) is 24.0 Å². The highest BCUT2D eigenvalue weighted by molar-refractivity contribution is 14.0. The number of nitrogens with one attached hydrogen (secondary N) is 2. The van der Waals surface area contributed by atoms with Crippen molar-refractivity contribution in [2.75, 3.05) is 33.7 Å². The summed E-state index contributed by atoms with van der Waals surface area (Å²) < 4.78 is 13.5. The van der Waals surface area contributed by atoms with Gasteiger partial charge >= 0.3 is 0 Å². The topological polar surface area (TPSA) is 56.7 Å². The zero-order chi connectivity index (χ0) is 18.3. The second kappa shape index (κ2) is 10.7. The lowest BCUT2D eigenvalue weighted by molar-refractivity contribution is -0.127. The molecule has 1 aliphatic carbocycles. The third-order valence-corrected chi connectivity index (χ3v) is 4.58. The first-order chi connectivity index (χ1) is 12.0. The van der Waals surface area contributed by atoms with Gasteiger partial charge in [-0.3, -0.25) is 4.79 Å². The summed E-state index contributed by atoms with van der Waals surface area (Å²) in [6, 6.07) is 6.83. The van der Waals surface area contributed by atoms with Crippen LogP contribution in [0.3, 0.4) is 0 Å². The van der Waals surface area contributed by atoms with E-state index in [1.54, 1.807) is 26.2 Å². The van der Waals surface area contributed by atoms with Gasteiger partial charge < -0.3 is 15.5 Å². The molecular formula is C19H30FIN4O. The summed E-state index contributed by atoms with van der Waals surface area (Å²) in [6.07, 6.45) is 4.19. The van der Waals surface area contributed by atoms with Crippen molar-refractivity contribution in [1.82, 2.24) is 15.5 Å². The number of halogens is 2. The number of hydrogen-bond donors (Lipinski definition) is 2. The molecule has 26 heavy (non-hydrogen) atoms. The minimum Gasteiger partial charge on any atom is -0.356 e. The van der Waals surface area contributed by atoms with Crippen molar-refractivity contribution in [1.29, 1.82) is 0 Å². The smallest absolute Gasteiger partial charge is 0.243 e. The molecule has 1 aliphatic rings. The predicted molar refractivity (Wildman–Crippen MR) is 115 cm³/mol. The lowest BCUT2D eigenvalue weighted by atomic mass is 9.96. The largest absolute Gasteiger partial charge is 0.356 e. The van der Waals surface area contributed by atoms with Gasteiger partial charge in [0.05, 0.1) is 0 Å². The number of rotatable bonds is 8. The summed E-state index contributed by atoms with van der Waals surface area (Å²) in [5.74, 6) is 0.407. The Bertz CT molecular complexity index is 617. The SMILES string of the molecule is CCCCNC(=NCC(=O)N(C)C)NCC1(c2cccc(F)c2)CC1.I. The Labute approximate surface area is 172 Å². The highest BCUT2D eigenvalue weighted by atomic mass is 127. The Kier molecular flexibility index (Phi) is 9.32. The van der Waals surface area contributed by atoms with Gasteiger partial charge in [-0.1, -0.05) is 25.5 Å². The number of carbonyl (C=O) groups is 1. The molecule has 1 saturated carbocycles. The van der Waals surface area contributed by atoms with Crippen LogP contribution in [0.25, 0.3) is 0 Å². The molecule has 0 radical (unpaired) electrons. The molecule has 1 amide bonds. The first kappa shape index (κ1) is 22.7. The average molecular weight is 476 g/mol. The van der Waals surface area contributed by atoms with Crippen LogP contribution >= 0.6 is 24.0 Å². The summed E-state index contributed by atoms with van der Waals surface area (Å²) in [5, 5.41) is 6.61. The molecule has 1 aromatic carbocycles. The quantitative estimate of drug-likeness (QED) is 0.263. The summed E-state index contributed by atoms with van der Waals surface area (Å²) in [4.78, 5) is 17.7. The molecule has 5 nitrogen and oxygen atoms in total. The molecule has 0 bridgehead atoms. The van der Waals surface area contributed by atoms with E-state index in [0.29, 0.717) is 12.5 Å². The Morgan fingerprint density at radius 3 is 2.62 bits per heavy atom. The van der Waals surface area contributed by atoms with Gasteiger partial charge in [0.1, 0.15) is 12.4 Å². The van der Waals surface area contributed by atoms with Gasteiger partial charge in [0.15, 0.2) is 5.96 Å². The van der Waals surface area contributed by atoms with E-state index in [0.717, 1.165) is 37.8 Å². The fourth-order valence-electron chi connectivity index (χ4n) is 2.64. The van der Waals surface area contributed by atoms with Crippen LogP contribution in [0, 0.1) is 5.82 Å². The van der Waals surface area contributed by atoms with Crippen molar-refractivity contribution in [2.24, 2.45) is 4.99 Å². The van der Waals surface area contributed by atoms with Crippen LogP contribution in [-0.4, -0.2) is 50.5 Å². The van der Waals surface area contributed by atoms with E-state index in [9.17, 15) is 9.18 Å². The number of hydrogen-bond acceptors (Lipinski definition) is 2. The van der Waals surface area contributed by atoms with Gasteiger partial charge in [-0.05, 0) is 37.0 Å². The molecule has 1 fully saturated rings. The molecule has 1 aromatic rings. The van der Waals surface area contributed by atoms with Crippen LogP contribution < -0.4 is 10.6 Å². The lowest BCUT2D eigenvalue weighted by Gasteiger charge is -2.19. The fraction of sp³-hybridized carbons (Fsp3) is 0.579. The van der Waals surface area contributed by atoms with E-state index in [1.165, 1.54) is 11.0 Å². The molecule has 2 rings (SSSR count). The number of aliphatic imine (C=N–C) groups is 1. The number of likely N-dealkylation sites (N-methyl/N-ethyl adjacent to an activating group) is 1. The third-order valence-electron chi connectivity index (χ3n) is 4.58. The number of guanidine groups is 1. The summed E-state index contributed by atoms with van der Waals surface area (Å²) in [5.41, 5.74) is 0.998. The van der Waals surface area contributed by atoms with Crippen molar-refractivity contribution < 1.29 is 9.18 Å². The maximum atomic E-state index is 13.5. The fourth-order valence-corrected chi connectivity index (χ4v) is 2.64. The molecule has 0 aromatic heterocycles. The Balaban J connectivity index is 0.00000338. The van der Waals surface area contributed by atoms with E-state index in [-0.39, 0.29) is 47.7 Å². The Morgan fingerprint density at radius 1 is 1.31 bits per heavy atom. The normalized spacial score (nSPS) is 15.0. The van der Waals surface area contributed by atoms with Crippen molar-refractivity contribution in [3.05, 3.63) is 35.6 Å². The van der Waals surface area contributed by atoms with E-state index < -0.39 is 0 Å². The molecule has 0 unspecified atom stereocenters. The number of carbonyl (C=O) groups excluding carboxylic acids is 1. The minimum atomic E-state index is -0.199. The van der Waals surface area contributed by atoms with Crippen LogP contribution in [0.1, 0.15) is 38.2 Å². The first-order valence-electron chi connectivity index (χ1n) is 8.95. The van der Waals surface area contributed by atoms with E-state index in [2.05, 4.69) is 22.5 Å². The number of nitrogens with zero attached hydrogens (tertiary/aromatic N) is 2. The second-order valence-corrected chi connectivity index (χ2v) is 6.88. The maximum Gasteiger partial charge on any atom is 0.243 e. The van der Waals surface area contributed by atoms with Gasteiger partial charge in [-0.2, -0.15) is 0 Å². The van der Waals surface area contributed by atoms with Gasteiger partial charge in [0.25, 0.3) is 0 Å². The van der Waals surface area contributed by atoms with Crippen molar-refractivity contribution >= 4 is 35.8 Å². The van der Waals surface area contributed by atoms with E-state index in [1.807, 2.05) is 6.07 Å². The first-order valence-corrected chi connectivity index (χ1v) is 8.95. The average Bonchev–Trinajstić information content (AvgIpc) is 3.37. The predicted octanol–water partition coefficient (Wildman–Crippen LogP) is 2.90. The number of amides is 1. The highest BCUT2D eigenvalue weighted by Crippen LogP contribution is 2.47. The minimum absolute atomic E-state index is 0. The van der Waals surface area contributed by atoms with E-state index >= 15 is 0 Å². The Morgan fingerprint density at radius 2 is 2.04 bits per heavy atom. The van der Waals surface area contributed by atoms with Crippen molar-refractivity contribution in [3.63, 3.8) is 0 Å². The standard InChI is InChI=1S/C19H29FN4O.HI/c1-4-5-11-21-18(22-13-17(25)24(2)3)23-14-19(9-10-19)15-7-6-8-16(20)12-15;/h6-8,12H,4-5,9-11,13-14H2,1-3H3,(H2,21,22,23);1H. The van der Waals surface area contributed by atoms with Crippen LogP contribution in [0.15, 0.2) is 29.3 Å². The van der Waals surface area contributed by atoms with Gasteiger partial charge in [0, 0.05) is 32.6 Å². The third kappa shape index (κ3) is 6.74. The van der Waals surface area contributed by atoms with Crippen molar-refractivity contribution in [3.8, 4) is 0 Å². The molecule has 0 saturated heterocycles. The molecule has 0 aliphatic heterocycles. The van der Waals surface area contributed by atoms with Crippen LogP contribution in [0.2, 0.25) is 0 Å². The number of benzene rings is 1. The van der Waals surface area contributed by atoms with Crippen LogP contribution in [0.4, 0.5) is 4.39 Å². The molecular weight excluding hydrogens is 446 g/mol. The lowest BCUT2D eigenvalue weighted by Crippen LogP contribution is -2.42.